The molecule has 1 aliphatic heterocycles. The zero-order chi connectivity index (χ0) is 22.3. The Balaban J connectivity index is 1.81. The molecule has 164 valence electrons. The van der Waals surface area contributed by atoms with Crippen LogP contribution in [0.15, 0.2) is 40.7 Å². The van der Waals surface area contributed by atoms with E-state index in [0.717, 1.165) is 46.8 Å². The maximum atomic E-state index is 13.3. The monoisotopic (exact) mass is 436 g/mol. The Bertz CT molecular complexity index is 1040. The fourth-order valence-corrected chi connectivity index (χ4v) is 5.55. The van der Waals surface area contributed by atoms with Crippen LogP contribution in [0.4, 0.5) is 11.6 Å². The number of hydrogen-bond acceptors (Lipinski definition) is 6. The number of carbonyl (C=O) groups excluding carboxylic acids is 1. The van der Waals surface area contributed by atoms with E-state index in [1.54, 1.807) is 11.8 Å². The van der Waals surface area contributed by atoms with Gasteiger partial charge in [0.15, 0.2) is 10.9 Å². The van der Waals surface area contributed by atoms with Gasteiger partial charge in [-0.3, -0.25) is 4.79 Å². The Kier molecular flexibility index (Phi) is 5.86. The van der Waals surface area contributed by atoms with Gasteiger partial charge in [-0.1, -0.05) is 69.3 Å². The molecule has 0 amide bonds. The molecule has 0 saturated carbocycles. The van der Waals surface area contributed by atoms with Crippen molar-refractivity contribution < 1.29 is 4.79 Å². The molecule has 0 spiro atoms. The standard InChI is InChI=1S/C25H32N4OS/c1-14(2)10-11-31-24-28-22(26)21-19(16-8-6-15(3)7-9-16)20-17(27-23(21)29-24)12-25(4,5)13-18(20)30/h6-9,14,19H,10-13H2,1-5H3,(H3,26,27,28,29)/t19-/m1/s1. The van der Waals surface area contributed by atoms with Crippen molar-refractivity contribution in [2.75, 3.05) is 16.8 Å². The van der Waals surface area contributed by atoms with Crippen molar-refractivity contribution in [1.82, 2.24) is 9.97 Å². The van der Waals surface area contributed by atoms with Gasteiger partial charge in [0.2, 0.25) is 0 Å². The number of nitrogen functional groups attached to an aromatic ring is 1. The summed E-state index contributed by atoms with van der Waals surface area (Å²) in [4.78, 5) is 22.8. The quantitative estimate of drug-likeness (QED) is 0.462. The number of fused-ring (bicyclic) bond motifs is 1. The summed E-state index contributed by atoms with van der Waals surface area (Å²) in [5.41, 5.74) is 11.3. The molecule has 1 aliphatic carbocycles. The van der Waals surface area contributed by atoms with E-state index in [1.807, 2.05) is 0 Å². The van der Waals surface area contributed by atoms with Crippen LogP contribution in [0.2, 0.25) is 0 Å². The van der Waals surface area contributed by atoms with Crippen molar-refractivity contribution in [1.29, 1.82) is 0 Å². The third-order valence-corrected chi connectivity index (χ3v) is 6.94. The van der Waals surface area contributed by atoms with Gasteiger partial charge in [0.05, 0.1) is 0 Å². The Morgan fingerprint density at radius 1 is 1.19 bits per heavy atom. The maximum absolute atomic E-state index is 13.3. The number of aromatic nitrogens is 2. The Labute approximate surface area is 189 Å². The van der Waals surface area contributed by atoms with Crippen LogP contribution in [-0.2, 0) is 4.79 Å². The van der Waals surface area contributed by atoms with Crippen LogP contribution in [-0.4, -0.2) is 21.5 Å². The molecule has 0 fully saturated rings. The van der Waals surface area contributed by atoms with Gasteiger partial charge < -0.3 is 11.1 Å². The van der Waals surface area contributed by atoms with Gasteiger partial charge in [0.25, 0.3) is 0 Å². The molecular weight excluding hydrogens is 404 g/mol. The van der Waals surface area contributed by atoms with Crippen LogP contribution < -0.4 is 11.1 Å². The largest absolute Gasteiger partial charge is 0.383 e. The van der Waals surface area contributed by atoms with E-state index in [4.69, 9.17) is 10.7 Å². The predicted octanol–water partition coefficient (Wildman–Crippen LogP) is 5.71. The Morgan fingerprint density at radius 2 is 1.90 bits per heavy atom. The second-order valence-electron chi connectivity index (χ2n) is 9.99. The van der Waals surface area contributed by atoms with Crippen LogP contribution >= 0.6 is 11.8 Å². The average Bonchev–Trinajstić information content (AvgIpc) is 2.65. The number of nitrogens with one attached hydrogen (secondary N) is 1. The molecule has 6 heteroatoms. The molecule has 31 heavy (non-hydrogen) atoms. The van der Waals surface area contributed by atoms with E-state index in [9.17, 15) is 4.79 Å². The lowest BCUT2D eigenvalue weighted by Gasteiger charge is -2.39. The molecule has 0 bridgehead atoms. The second-order valence-corrected chi connectivity index (χ2v) is 11.0. The first kappa shape index (κ1) is 21.9. The van der Waals surface area contributed by atoms with E-state index in [2.05, 4.69) is 69.2 Å². The molecule has 5 nitrogen and oxygen atoms in total. The number of nitrogens with two attached hydrogens (primary N) is 1. The molecule has 2 heterocycles. The fourth-order valence-electron chi connectivity index (χ4n) is 4.46. The minimum atomic E-state index is -0.231. The van der Waals surface area contributed by atoms with Gasteiger partial charge in [0, 0.05) is 34.9 Å². The summed E-state index contributed by atoms with van der Waals surface area (Å²) in [7, 11) is 0. The summed E-state index contributed by atoms with van der Waals surface area (Å²) in [6.45, 7) is 10.8. The lowest BCUT2D eigenvalue weighted by molar-refractivity contribution is -0.118. The highest BCUT2D eigenvalue weighted by Gasteiger charge is 2.42. The first-order valence-electron chi connectivity index (χ1n) is 11.0. The van der Waals surface area contributed by atoms with Crippen molar-refractivity contribution in [3.63, 3.8) is 0 Å². The Hall–Kier alpha value is -2.34. The molecule has 4 rings (SSSR count). The summed E-state index contributed by atoms with van der Waals surface area (Å²) in [5.74, 6) is 2.75. The minimum absolute atomic E-state index is 0.0777. The molecule has 3 N–H and O–H groups in total. The zero-order valence-electron chi connectivity index (χ0n) is 19.1. The maximum Gasteiger partial charge on any atom is 0.191 e. The first-order chi connectivity index (χ1) is 14.6. The molecule has 2 aromatic rings. The van der Waals surface area contributed by atoms with E-state index >= 15 is 0 Å². The normalized spacial score (nSPS) is 19.8. The Morgan fingerprint density at radius 3 is 2.58 bits per heavy atom. The third-order valence-electron chi connectivity index (χ3n) is 6.06. The number of carbonyl (C=O) groups is 1. The second kappa shape index (κ2) is 8.30. The van der Waals surface area contributed by atoms with Gasteiger partial charge in [0.1, 0.15) is 11.6 Å². The molecule has 1 aromatic heterocycles. The number of thioether (sulfide) groups is 1. The number of aryl methyl sites for hydroxylation is 1. The zero-order valence-corrected chi connectivity index (χ0v) is 19.9. The number of Topliss-reactive ketones (excluding diaryl/α,β-unsaturated/α-hetero) is 1. The number of benzene rings is 1. The minimum Gasteiger partial charge on any atom is -0.383 e. The molecule has 0 saturated heterocycles. The summed E-state index contributed by atoms with van der Waals surface area (Å²) >= 11 is 1.64. The lowest BCUT2D eigenvalue weighted by atomic mass is 9.69. The highest BCUT2D eigenvalue weighted by atomic mass is 32.2. The van der Waals surface area contributed by atoms with Crippen LogP contribution in [0, 0.1) is 18.3 Å². The molecule has 0 radical (unpaired) electrons. The van der Waals surface area contributed by atoms with Gasteiger partial charge in [-0.15, -0.1) is 0 Å². The highest BCUT2D eigenvalue weighted by molar-refractivity contribution is 7.99. The smallest absolute Gasteiger partial charge is 0.191 e. The van der Waals surface area contributed by atoms with E-state index in [1.165, 1.54) is 5.56 Å². The number of allylic oxidation sites excluding steroid dienone is 2. The SMILES string of the molecule is Cc1ccc([C@@H]2C3=C(CC(C)(C)CC3=O)Nc3nc(SCCC(C)C)nc(N)c32)cc1. The number of rotatable bonds is 5. The van der Waals surface area contributed by atoms with Crippen LogP contribution in [0.5, 0.6) is 0 Å². The van der Waals surface area contributed by atoms with Crippen LogP contribution in [0.3, 0.4) is 0 Å². The summed E-state index contributed by atoms with van der Waals surface area (Å²) in [5, 5.41) is 4.18. The van der Waals surface area contributed by atoms with Crippen molar-refractivity contribution in [3.8, 4) is 0 Å². The fraction of sp³-hybridized carbons (Fsp3) is 0.480. The lowest BCUT2D eigenvalue weighted by Crippen LogP contribution is -2.34. The van der Waals surface area contributed by atoms with Gasteiger partial charge in [-0.25, -0.2) is 9.97 Å². The predicted molar refractivity (Wildman–Crippen MR) is 128 cm³/mol. The van der Waals surface area contributed by atoms with Crippen molar-refractivity contribution in [2.45, 2.75) is 65.0 Å². The number of anilines is 2. The molecular formula is C25H32N4OS. The summed E-state index contributed by atoms with van der Waals surface area (Å²) in [6.07, 6.45) is 2.45. The van der Waals surface area contributed by atoms with Gasteiger partial charge in [-0.05, 0) is 36.7 Å². The highest BCUT2D eigenvalue weighted by Crippen LogP contribution is 2.50. The topological polar surface area (TPSA) is 80.9 Å². The summed E-state index contributed by atoms with van der Waals surface area (Å²) in [6, 6.07) is 8.36. The van der Waals surface area contributed by atoms with E-state index < -0.39 is 0 Å². The van der Waals surface area contributed by atoms with Crippen LogP contribution in [0.25, 0.3) is 0 Å². The number of hydrogen-bond donors (Lipinski definition) is 2. The average molecular weight is 437 g/mol. The van der Waals surface area contributed by atoms with E-state index in [-0.39, 0.29) is 17.1 Å². The first-order valence-corrected chi connectivity index (χ1v) is 12.0. The number of ketones is 1. The van der Waals surface area contributed by atoms with Crippen molar-refractivity contribution in [3.05, 3.63) is 52.2 Å². The molecule has 2 aliphatic rings. The van der Waals surface area contributed by atoms with Crippen LogP contribution in [0.1, 0.15) is 69.6 Å². The molecule has 0 unspecified atom stereocenters. The van der Waals surface area contributed by atoms with Crippen molar-refractivity contribution >= 4 is 29.2 Å². The molecule has 1 atom stereocenters. The third kappa shape index (κ3) is 4.49. The van der Waals surface area contributed by atoms with E-state index in [0.29, 0.717) is 23.3 Å². The number of nitrogens with zero attached hydrogens (tertiary/aromatic N) is 2. The molecule has 1 aromatic carbocycles. The van der Waals surface area contributed by atoms with Gasteiger partial charge in [-0.2, -0.15) is 0 Å². The summed E-state index contributed by atoms with van der Waals surface area (Å²) < 4.78 is 0. The van der Waals surface area contributed by atoms with Gasteiger partial charge >= 0.3 is 0 Å². The van der Waals surface area contributed by atoms with Crippen molar-refractivity contribution in [2.24, 2.45) is 11.3 Å².